The Morgan fingerprint density at radius 1 is 1.00 bits per heavy atom. The quantitative estimate of drug-likeness (QED) is 0.191. The zero-order valence-corrected chi connectivity index (χ0v) is 24.4. The van der Waals surface area contributed by atoms with Gasteiger partial charge in [0.1, 0.15) is 17.2 Å². The van der Waals surface area contributed by atoms with Crippen molar-refractivity contribution in [2.24, 2.45) is 5.41 Å². The van der Waals surface area contributed by atoms with Crippen molar-refractivity contribution in [3.05, 3.63) is 78.0 Å². The molecule has 7 nitrogen and oxygen atoms in total. The maximum absolute atomic E-state index is 11.5. The number of thiazole rings is 1. The largest absolute Gasteiger partial charge is 0.375 e. The van der Waals surface area contributed by atoms with E-state index in [1.165, 1.54) is 16.9 Å². The van der Waals surface area contributed by atoms with Gasteiger partial charge in [-0.25, -0.2) is 9.97 Å². The molecule has 0 aliphatic rings. The summed E-state index contributed by atoms with van der Waals surface area (Å²) in [6, 6.07) is 20.0. The summed E-state index contributed by atoms with van der Waals surface area (Å²) in [7, 11) is 1.94. The maximum atomic E-state index is 11.5. The summed E-state index contributed by atoms with van der Waals surface area (Å²) in [5, 5.41) is 7.44. The molecule has 5 rings (SSSR count). The number of hydrogen-bond donors (Lipinski definition) is 3. The van der Waals surface area contributed by atoms with Crippen LogP contribution in [0.1, 0.15) is 57.0 Å². The molecule has 0 atom stereocenters. The van der Waals surface area contributed by atoms with Gasteiger partial charge in [-0.3, -0.25) is 9.20 Å². The molecule has 2 aromatic carbocycles. The minimum atomic E-state index is -0.130. The Balaban J connectivity index is 0.000000226. The molecule has 0 saturated carbocycles. The van der Waals surface area contributed by atoms with Crippen LogP contribution in [0.5, 0.6) is 0 Å². The molecule has 5 aromatic rings. The zero-order chi connectivity index (χ0) is 28.2. The number of anilines is 2. The maximum Gasteiger partial charge on any atom is 0.181 e. The molecule has 204 valence electrons. The number of nitrogen functional groups attached to an aromatic ring is 1. The standard InChI is InChI=1S/C22H27N3O.C9H11N3S/c1-21(2,3)15-22(4,5)24-20-18(16-10-7-6-8-11-16)23-19-17(14-26)12-9-13-25(19)20;1-11-5-6-2-3-7-8(4-6)13-9(10)12-7/h6-14,24H,15H2,1-5H3;2-4,11H,5H2,1H3,(H2,10,12). The Hall–Kier alpha value is -3.75. The second kappa shape index (κ2) is 11.6. The lowest BCUT2D eigenvalue weighted by atomic mass is 9.82. The van der Waals surface area contributed by atoms with Gasteiger partial charge in [0.15, 0.2) is 11.4 Å². The minimum absolute atomic E-state index is 0.130. The lowest BCUT2D eigenvalue weighted by molar-refractivity contribution is 0.112. The molecule has 3 aromatic heterocycles. The van der Waals surface area contributed by atoms with Gasteiger partial charge in [0.05, 0.1) is 15.8 Å². The van der Waals surface area contributed by atoms with Crippen LogP contribution in [0, 0.1) is 5.41 Å². The van der Waals surface area contributed by atoms with Gasteiger partial charge in [-0.1, -0.05) is 68.5 Å². The molecule has 0 saturated heterocycles. The third-order valence-electron chi connectivity index (χ3n) is 6.13. The highest BCUT2D eigenvalue weighted by atomic mass is 32.1. The number of aldehydes is 1. The smallest absolute Gasteiger partial charge is 0.181 e. The molecule has 0 aliphatic carbocycles. The SMILES string of the molecule is CC(C)(C)CC(C)(C)Nc1c(-c2ccccc2)nc2c(C=O)cccn12.CNCc1ccc2nc(N)sc2c1. The normalized spacial score (nSPS) is 11.8. The molecule has 3 heterocycles. The summed E-state index contributed by atoms with van der Waals surface area (Å²) in [5.74, 6) is 0.921. The number of rotatable bonds is 7. The molecule has 0 fully saturated rings. The predicted molar refractivity (Wildman–Crippen MR) is 165 cm³/mol. The molecule has 8 heteroatoms. The number of nitrogens with two attached hydrogens (primary N) is 1. The fraction of sp³-hybridized carbons (Fsp3) is 0.323. The molecule has 4 N–H and O–H groups in total. The molecule has 0 bridgehead atoms. The Labute approximate surface area is 234 Å². The third-order valence-corrected chi connectivity index (χ3v) is 6.98. The molecule has 0 amide bonds. The van der Waals surface area contributed by atoms with Gasteiger partial charge < -0.3 is 16.4 Å². The van der Waals surface area contributed by atoms with E-state index in [0.29, 0.717) is 16.3 Å². The van der Waals surface area contributed by atoms with E-state index in [-0.39, 0.29) is 11.0 Å². The molecule has 0 aliphatic heterocycles. The Kier molecular flexibility index (Phi) is 8.37. The summed E-state index contributed by atoms with van der Waals surface area (Å²) in [6.45, 7) is 12.0. The van der Waals surface area contributed by atoms with E-state index in [2.05, 4.69) is 62.4 Å². The van der Waals surface area contributed by atoms with Crippen molar-refractivity contribution in [1.82, 2.24) is 19.7 Å². The van der Waals surface area contributed by atoms with Crippen molar-refractivity contribution >= 4 is 44.4 Å². The first-order valence-electron chi connectivity index (χ1n) is 13.1. The average molecular weight is 543 g/mol. The number of nitrogens with one attached hydrogen (secondary N) is 2. The van der Waals surface area contributed by atoms with E-state index >= 15 is 0 Å². The van der Waals surface area contributed by atoms with E-state index in [9.17, 15) is 4.79 Å². The molecular formula is C31H38N6OS. The zero-order valence-electron chi connectivity index (χ0n) is 23.6. The van der Waals surface area contributed by atoms with Crippen LogP contribution in [-0.2, 0) is 6.54 Å². The first-order valence-corrected chi connectivity index (χ1v) is 13.9. The van der Waals surface area contributed by atoms with Crippen LogP contribution < -0.4 is 16.4 Å². The topological polar surface area (TPSA) is 97.3 Å². The second-order valence-corrected chi connectivity index (χ2v) is 12.6. The Morgan fingerprint density at radius 2 is 1.74 bits per heavy atom. The molecule has 0 spiro atoms. The van der Waals surface area contributed by atoms with Crippen molar-refractivity contribution in [3.63, 3.8) is 0 Å². The number of benzene rings is 2. The van der Waals surface area contributed by atoms with Gasteiger partial charge in [-0.15, -0.1) is 0 Å². The van der Waals surface area contributed by atoms with Crippen molar-refractivity contribution in [2.45, 2.75) is 53.1 Å². The van der Waals surface area contributed by atoms with Gasteiger partial charge in [-0.2, -0.15) is 0 Å². The van der Waals surface area contributed by atoms with E-state index in [4.69, 9.17) is 10.7 Å². The second-order valence-electron chi connectivity index (χ2n) is 11.6. The van der Waals surface area contributed by atoms with E-state index in [1.807, 2.05) is 60.1 Å². The highest BCUT2D eigenvalue weighted by Gasteiger charge is 2.28. The van der Waals surface area contributed by atoms with E-state index in [0.717, 1.165) is 46.5 Å². The van der Waals surface area contributed by atoms with Crippen LogP contribution in [0.3, 0.4) is 0 Å². The van der Waals surface area contributed by atoms with Crippen LogP contribution in [0.2, 0.25) is 0 Å². The van der Waals surface area contributed by atoms with Gasteiger partial charge in [0, 0.05) is 23.8 Å². The fourth-order valence-corrected chi connectivity index (χ4v) is 5.89. The molecule has 0 unspecified atom stereocenters. The van der Waals surface area contributed by atoms with Crippen molar-refractivity contribution in [1.29, 1.82) is 0 Å². The average Bonchev–Trinajstić information content (AvgIpc) is 3.42. The number of imidazole rings is 1. The van der Waals surface area contributed by atoms with Crippen LogP contribution in [-0.4, -0.2) is 33.2 Å². The summed E-state index contributed by atoms with van der Waals surface area (Å²) in [6.07, 6.45) is 3.81. The monoisotopic (exact) mass is 542 g/mol. The summed E-state index contributed by atoms with van der Waals surface area (Å²) in [4.78, 5) is 20.5. The van der Waals surface area contributed by atoms with Crippen LogP contribution in [0.15, 0.2) is 66.9 Å². The molecular weight excluding hydrogens is 504 g/mol. The van der Waals surface area contributed by atoms with Crippen LogP contribution in [0.4, 0.5) is 10.9 Å². The van der Waals surface area contributed by atoms with Gasteiger partial charge in [0.25, 0.3) is 0 Å². The third kappa shape index (κ3) is 7.02. The van der Waals surface area contributed by atoms with Crippen molar-refractivity contribution < 1.29 is 4.79 Å². The highest BCUT2D eigenvalue weighted by molar-refractivity contribution is 7.22. The lowest BCUT2D eigenvalue weighted by Crippen LogP contribution is -2.36. The van der Waals surface area contributed by atoms with Crippen molar-refractivity contribution in [3.8, 4) is 11.3 Å². The number of fused-ring (bicyclic) bond motifs is 2. The van der Waals surface area contributed by atoms with E-state index < -0.39 is 0 Å². The summed E-state index contributed by atoms with van der Waals surface area (Å²) < 4.78 is 3.14. The van der Waals surface area contributed by atoms with Gasteiger partial charge in [0.2, 0.25) is 0 Å². The fourth-order valence-electron chi connectivity index (χ4n) is 5.09. The minimum Gasteiger partial charge on any atom is -0.375 e. The Morgan fingerprint density at radius 3 is 2.41 bits per heavy atom. The van der Waals surface area contributed by atoms with Gasteiger partial charge in [-0.05, 0) is 62.6 Å². The highest BCUT2D eigenvalue weighted by Crippen LogP contribution is 2.35. The number of carbonyl (C=O) groups is 1. The van der Waals surface area contributed by atoms with Crippen LogP contribution in [0.25, 0.3) is 27.1 Å². The molecule has 39 heavy (non-hydrogen) atoms. The number of hydrogen-bond acceptors (Lipinski definition) is 7. The number of pyridine rings is 1. The Bertz CT molecular complexity index is 1560. The van der Waals surface area contributed by atoms with Crippen LogP contribution >= 0.6 is 11.3 Å². The number of carbonyl (C=O) groups excluding carboxylic acids is 1. The number of aromatic nitrogens is 3. The molecule has 0 radical (unpaired) electrons. The lowest BCUT2D eigenvalue weighted by Gasteiger charge is -2.34. The summed E-state index contributed by atoms with van der Waals surface area (Å²) >= 11 is 1.53. The van der Waals surface area contributed by atoms with E-state index in [1.54, 1.807) is 6.07 Å². The van der Waals surface area contributed by atoms with Gasteiger partial charge >= 0.3 is 0 Å². The summed E-state index contributed by atoms with van der Waals surface area (Å²) in [5.41, 5.74) is 11.1. The van der Waals surface area contributed by atoms with Crippen molar-refractivity contribution in [2.75, 3.05) is 18.1 Å². The predicted octanol–water partition coefficient (Wildman–Crippen LogP) is 7.04. The first kappa shape index (κ1) is 28.3. The first-order chi connectivity index (χ1) is 18.5. The number of nitrogens with zero attached hydrogens (tertiary/aromatic N) is 3.